The van der Waals surface area contributed by atoms with Crippen LogP contribution in [0, 0.1) is 11.8 Å². The fourth-order valence-electron chi connectivity index (χ4n) is 4.72. The van der Waals surface area contributed by atoms with E-state index in [1.165, 1.54) is 0 Å². The average Bonchev–Trinajstić information content (AvgIpc) is 3.18. The van der Waals surface area contributed by atoms with Gasteiger partial charge in [-0.05, 0) is 62.3 Å². The van der Waals surface area contributed by atoms with Gasteiger partial charge in [-0.15, -0.1) is 0 Å². The third-order valence-electron chi connectivity index (χ3n) is 6.60. The van der Waals surface area contributed by atoms with Gasteiger partial charge >= 0.3 is 0 Å². The highest BCUT2D eigenvalue weighted by molar-refractivity contribution is 5.93. The van der Waals surface area contributed by atoms with Crippen molar-refractivity contribution in [3.63, 3.8) is 0 Å². The first kappa shape index (κ1) is 21.2. The van der Waals surface area contributed by atoms with E-state index < -0.39 is 0 Å². The summed E-state index contributed by atoms with van der Waals surface area (Å²) in [5.41, 5.74) is 2.97. The maximum Gasteiger partial charge on any atom is 0.227 e. The fourth-order valence-corrected chi connectivity index (χ4v) is 4.72. The molecule has 0 aromatic heterocycles. The van der Waals surface area contributed by atoms with Crippen LogP contribution in [0.1, 0.15) is 56.9 Å². The highest BCUT2D eigenvalue weighted by Gasteiger charge is 2.35. The van der Waals surface area contributed by atoms with Crippen LogP contribution in [0.4, 0.5) is 11.4 Å². The zero-order valence-corrected chi connectivity index (χ0v) is 18.4. The molecule has 1 aromatic rings. The predicted molar refractivity (Wildman–Crippen MR) is 118 cm³/mol. The Morgan fingerprint density at radius 1 is 1.03 bits per heavy atom. The second-order valence-electron chi connectivity index (χ2n) is 9.34. The summed E-state index contributed by atoms with van der Waals surface area (Å²) in [6.45, 7) is 2.00. The van der Waals surface area contributed by atoms with Gasteiger partial charge in [-0.2, -0.15) is 0 Å². The number of rotatable bonds is 8. The number of amides is 2. The Morgan fingerprint density at radius 2 is 1.80 bits per heavy atom. The normalized spacial score (nSPS) is 21.6. The molecule has 4 rings (SSSR count). The van der Waals surface area contributed by atoms with E-state index in [4.69, 9.17) is 4.74 Å². The molecule has 1 unspecified atom stereocenters. The second kappa shape index (κ2) is 9.38. The van der Waals surface area contributed by atoms with Crippen LogP contribution in [-0.2, 0) is 20.9 Å². The van der Waals surface area contributed by atoms with Crippen LogP contribution >= 0.6 is 0 Å². The first-order valence-corrected chi connectivity index (χ1v) is 11.5. The zero-order chi connectivity index (χ0) is 21.1. The van der Waals surface area contributed by atoms with Crippen LogP contribution < -0.4 is 10.2 Å². The van der Waals surface area contributed by atoms with E-state index in [1.54, 1.807) is 0 Å². The van der Waals surface area contributed by atoms with Crippen LogP contribution in [0.5, 0.6) is 0 Å². The topological polar surface area (TPSA) is 61.9 Å². The van der Waals surface area contributed by atoms with Gasteiger partial charge in [0.2, 0.25) is 11.8 Å². The summed E-state index contributed by atoms with van der Waals surface area (Å²) in [6, 6.07) is 6.06. The van der Waals surface area contributed by atoms with Crippen LogP contribution in [0.2, 0.25) is 0 Å². The first-order chi connectivity index (χ1) is 14.5. The molecule has 3 aliphatic rings. The van der Waals surface area contributed by atoms with Gasteiger partial charge in [0.1, 0.15) is 0 Å². The van der Waals surface area contributed by atoms with Gasteiger partial charge in [0.25, 0.3) is 0 Å². The fraction of sp³-hybridized carbons (Fsp3) is 0.667. The molecule has 2 saturated carbocycles. The van der Waals surface area contributed by atoms with Crippen LogP contribution in [0.25, 0.3) is 0 Å². The van der Waals surface area contributed by atoms with Crippen molar-refractivity contribution < 1.29 is 14.3 Å². The average molecular weight is 414 g/mol. The Kier molecular flexibility index (Phi) is 6.61. The Morgan fingerprint density at radius 3 is 2.43 bits per heavy atom. The van der Waals surface area contributed by atoms with Gasteiger partial charge < -0.3 is 19.9 Å². The number of nitrogens with zero attached hydrogens (tertiary/aromatic N) is 2. The quantitative estimate of drug-likeness (QED) is 0.704. The number of nitrogens with one attached hydrogen (secondary N) is 1. The highest BCUT2D eigenvalue weighted by Crippen LogP contribution is 2.33. The standard InChI is InChI=1S/C24H35N3O3/c1-26(2)22-12-11-20(25-23(28)17-6-3-4-7-17)14-19(22)15-27(24(29)18-9-10-18)16-21-8-5-13-30-21/h11-12,14,17-18,21H,3-10,13,15-16H2,1-2H3,(H,25,28). The highest BCUT2D eigenvalue weighted by atomic mass is 16.5. The maximum absolute atomic E-state index is 13.0. The molecule has 3 fully saturated rings. The number of carbonyl (C=O) groups excluding carboxylic acids is 2. The van der Waals surface area contributed by atoms with Crippen molar-refractivity contribution in [2.75, 3.05) is 37.5 Å². The van der Waals surface area contributed by atoms with Gasteiger partial charge in [0.15, 0.2) is 0 Å². The number of ether oxygens (including phenoxy) is 1. The number of hydrogen-bond acceptors (Lipinski definition) is 4. The maximum atomic E-state index is 13.0. The van der Waals surface area contributed by atoms with E-state index in [0.29, 0.717) is 13.1 Å². The molecular formula is C24H35N3O3. The predicted octanol–water partition coefficient (Wildman–Crippen LogP) is 3.80. The van der Waals surface area contributed by atoms with Crippen molar-refractivity contribution in [2.24, 2.45) is 11.8 Å². The summed E-state index contributed by atoms with van der Waals surface area (Å²) in [5.74, 6) is 0.686. The Labute approximate surface area is 179 Å². The molecule has 1 aromatic carbocycles. The van der Waals surface area contributed by atoms with E-state index in [9.17, 15) is 9.59 Å². The van der Waals surface area contributed by atoms with Crippen molar-refractivity contribution >= 4 is 23.2 Å². The molecule has 6 nitrogen and oxygen atoms in total. The second-order valence-corrected chi connectivity index (χ2v) is 9.34. The molecule has 2 aliphatic carbocycles. The number of benzene rings is 1. The summed E-state index contributed by atoms with van der Waals surface area (Å²) in [7, 11) is 4.03. The number of hydrogen-bond donors (Lipinski definition) is 1. The number of anilines is 2. The molecule has 1 saturated heterocycles. The third-order valence-corrected chi connectivity index (χ3v) is 6.60. The Bertz CT molecular complexity index is 763. The van der Waals surface area contributed by atoms with Gasteiger partial charge in [-0.25, -0.2) is 0 Å². The Balaban J connectivity index is 1.52. The minimum Gasteiger partial charge on any atom is -0.377 e. The summed E-state index contributed by atoms with van der Waals surface area (Å²) in [5, 5.41) is 3.12. The molecule has 164 valence electrons. The van der Waals surface area contributed by atoms with E-state index in [1.807, 2.05) is 37.2 Å². The SMILES string of the molecule is CN(C)c1ccc(NC(=O)C2CCCC2)cc1CN(CC1CCCO1)C(=O)C1CC1. The van der Waals surface area contributed by atoms with Gasteiger partial charge in [0, 0.05) is 57.0 Å². The molecule has 1 N–H and O–H groups in total. The summed E-state index contributed by atoms with van der Waals surface area (Å²) < 4.78 is 5.82. The molecule has 1 atom stereocenters. The molecule has 0 radical (unpaired) electrons. The number of carbonyl (C=O) groups is 2. The lowest BCUT2D eigenvalue weighted by molar-refractivity contribution is -0.134. The largest absolute Gasteiger partial charge is 0.377 e. The van der Waals surface area contributed by atoms with Gasteiger partial charge in [0.05, 0.1) is 6.10 Å². The van der Waals surface area contributed by atoms with E-state index in [-0.39, 0.29) is 29.8 Å². The summed E-state index contributed by atoms with van der Waals surface area (Å²) in [4.78, 5) is 29.7. The molecule has 2 amide bonds. The minimum absolute atomic E-state index is 0.126. The van der Waals surface area contributed by atoms with Crippen LogP contribution in [0.15, 0.2) is 18.2 Å². The van der Waals surface area contributed by atoms with E-state index in [0.717, 1.165) is 74.9 Å². The lowest BCUT2D eigenvalue weighted by Crippen LogP contribution is -2.38. The van der Waals surface area contributed by atoms with Crippen LogP contribution in [0.3, 0.4) is 0 Å². The lowest BCUT2D eigenvalue weighted by atomic mass is 10.1. The van der Waals surface area contributed by atoms with Gasteiger partial charge in [-0.3, -0.25) is 9.59 Å². The molecule has 1 heterocycles. The molecule has 30 heavy (non-hydrogen) atoms. The minimum atomic E-state index is 0.126. The molecule has 0 spiro atoms. The monoisotopic (exact) mass is 413 g/mol. The molecular weight excluding hydrogens is 378 g/mol. The van der Waals surface area contributed by atoms with E-state index in [2.05, 4.69) is 10.2 Å². The zero-order valence-electron chi connectivity index (χ0n) is 18.4. The first-order valence-electron chi connectivity index (χ1n) is 11.5. The summed E-state index contributed by atoms with van der Waals surface area (Å²) in [6.07, 6.45) is 8.49. The molecule has 6 heteroatoms. The van der Waals surface area contributed by atoms with Crippen molar-refractivity contribution in [2.45, 2.75) is 64.0 Å². The van der Waals surface area contributed by atoms with Crippen molar-refractivity contribution in [3.8, 4) is 0 Å². The van der Waals surface area contributed by atoms with Crippen LogP contribution in [-0.4, -0.2) is 50.1 Å². The lowest BCUT2D eigenvalue weighted by Gasteiger charge is -2.28. The molecule has 1 aliphatic heterocycles. The van der Waals surface area contributed by atoms with E-state index >= 15 is 0 Å². The summed E-state index contributed by atoms with van der Waals surface area (Å²) >= 11 is 0. The smallest absolute Gasteiger partial charge is 0.227 e. The van der Waals surface area contributed by atoms with Crippen molar-refractivity contribution in [1.82, 2.24) is 4.90 Å². The van der Waals surface area contributed by atoms with Crippen molar-refractivity contribution in [3.05, 3.63) is 23.8 Å². The van der Waals surface area contributed by atoms with Crippen molar-refractivity contribution in [1.29, 1.82) is 0 Å². The Hall–Kier alpha value is -2.08. The van der Waals surface area contributed by atoms with Gasteiger partial charge in [-0.1, -0.05) is 12.8 Å². The third kappa shape index (κ3) is 5.15. The molecule has 0 bridgehead atoms.